The van der Waals surface area contributed by atoms with Crippen LogP contribution in [0.5, 0.6) is 0 Å². The molecule has 0 aromatic heterocycles. The number of hydrogen-bond acceptors (Lipinski definition) is 3. The molecule has 0 aliphatic rings. The number of halogens is 1. The molecule has 0 radical (unpaired) electrons. The van der Waals surface area contributed by atoms with Gasteiger partial charge in [0.25, 0.3) is 0 Å². The van der Waals surface area contributed by atoms with Gasteiger partial charge in [-0.2, -0.15) is 5.26 Å². The summed E-state index contributed by atoms with van der Waals surface area (Å²) < 4.78 is 5.34. The van der Waals surface area contributed by atoms with Crippen LogP contribution < -0.4 is 5.32 Å². The summed E-state index contributed by atoms with van der Waals surface area (Å²) >= 11 is 5.86. The molecule has 1 N–H and O–H groups in total. The van der Waals surface area contributed by atoms with Crippen LogP contribution in [0.3, 0.4) is 0 Å². The molecule has 17 heavy (non-hydrogen) atoms. The van der Waals surface area contributed by atoms with Crippen LogP contribution >= 0.6 is 11.6 Å². The van der Waals surface area contributed by atoms with E-state index < -0.39 is 0 Å². The highest BCUT2D eigenvalue weighted by Gasteiger charge is 2.01. The van der Waals surface area contributed by atoms with E-state index in [0.717, 1.165) is 11.3 Å². The lowest BCUT2D eigenvalue weighted by Gasteiger charge is -2.09. The Morgan fingerprint density at radius 2 is 2.35 bits per heavy atom. The first-order valence-electron chi connectivity index (χ1n) is 5.29. The Kier molecular flexibility index (Phi) is 5.55. The number of anilines is 1. The molecule has 0 spiro atoms. The second-order valence-corrected chi connectivity index (χ2v) is 4.17. The second-order valence-electron chi connectivity index (χ2n) is 3.74. The van der Waals surface area contributed by atoms with E-state index in [9.17, 15) is 0 Å². The number of rotatable bonds is 6. The van der Waals surface area contributed by atoms with Crippen molar-refractivity contribution in [3.05, 3.63) is 40.9 Å². The largest absolute Gasteiger partial charge is 0.382 e. The molecule has 3 nitrogen and oxygen atoms in total. The Morgan fingerprint density at radius 3 is 3.00 bits per heavy atom. The van der Waals surface area contributed by atoms with Gasteiger partial charge in [-0.25, -0.2) is 0 Å². The van der Waals surface area contributed by atoms with Crippen LogP contribution in [0.15, 0.2) is 30.4 Å². The topological polar surface area (TPSA) is 45.0 Å². The molecule has 0 saturated heterocycles. The average Bonchev–Trinajstić information content (AvgIpc) is 2.28. The van der Waals surface area contributed by atoms with Gasteiger partial charge in [-0.15, -0.1) is 0 Å². The normalized spacial score (nSPS) is 9.71. The minimum Gasteiger partial charge on any atom is -0.382 e. The summed E-state index contributed by atoms with van der Waals surface area (Å²) in [6.45, 7) is 7.40. The lowest BCUT2D eigenvalue weighted by molar-refractivity contribution is 0.167. The first kappa shape index (κ1) is 13.6. The lowest BCUT2D eigenvalue weighted by Crippen LogP contribution is -2.11. The van der Waals surface area contributed by atoms with Crippen molar-refractivity contribution in [1.82, 2.24) is 0 Å². The molecule has 0 atom stereocenters. The maximum Gasteiger partial charge on any atom is 0.101 e. The van der Waals surface area contributed by atoms with Crippen LogP contribution in [0.4, 0.5) is 5.69 Å². The molecular formula is C13H15ClN2O. The fourth-order valence-electron chi connectivity index (χ4n) is 1.26. The second kappa shape index (κ2) is 6.95. The van der Waals surface area contributed by atoms with Gasteiger partial charge in [-0.05, 0) is 25.1 Å². The van der Waals surface area contributed by atoms with Crippen LogP contribution in [-0.2, 0) is 4.74 Å². The number of ether oxygens (including phenoxy) is 1. The lowest BCUT2D eigenvalue weighted by atomic mass is 10.2. The summed E-state index contributed by atoms with van der Waals surface area (Å²) in [6.07, 6.45) is 0. The molecule has 1 aromatic rings. The van der Waals surface area contributed by atoms with Crippen molar-refractivity contribution in [2.24, 2.45) is 0 Å². The molecular weight excluding hydrogens is 236 g/mol. The van der Waals surface area contributed by atoms with Crippen LogP contribution in [0, 0.1) is 11.3 Å². The van der Waals surface area contributed by atoms with Crippen LogP contribution in [0.2, 0.25) is 5.02 Å². The Balaban J connectivity index is 2.43. The van der Waals surface area contributed by atoms with Gasteiger partial charge < -0.3 is 10.1 Å². The van der Waals surface area contributed by atoms with Crippen molar-refractivity contribution in [3.8, 4) is 6.07 Å². The molecule has 0 amide bonds. The molecule has 1 rings (SSSR count). The summed E-state index contributed by atoms with van der Waals surface area (Å²) in [4.78, 5) is 0. The van der Waals surface area contributed by atoms with Crippen molar-refractivity contribution in [2.45, 2.75) is 6.92 Å². The highest BCUT2D eigenvalue weighted by atomic mass is 35.5. The molecule has 1 aromatic carbocycles. The standard InChI is InChI=1S/C13H15ClN2O/c1-10(2)9-17-6-5-16-13-7-12(14)4-3-11(13)8-15/h3-4,7,16H,1,5-6,9H2,2H3. The van der Waals surface area contributed by atoms with E-state index >= 15 is 0 Å². The van der Waals surface area contributed by atoms with E-state index in [4.69, 9.17) is 21.6 Å². The van der Waals surface area contributed by atoms with E-state index in [-0.39, 0.29) is 0 Å². The fourth-order valence-corrected chi connectivity index (χ4v) is 1.44. The predicted molar refractivity (Wildman–Crippen MR) is 70.3 cm³/mol. The maximum atomic E-state index is 8.91. The average molecular weight is 251 g/mol. The first-order chi connectivity index (χ1) is 8.13. The molecule has 0 saturated carbocycles. The molecule has 0 fully saturated rings. The van der Waals surface area contributed by atoms with Gasteiger partial charge in [0.15, 0.2) is 0 Å². The third-order valence-electron chi connectivity index (χ3n) is 2.01. The van der Waals surface area contributed by atoms with E-state index in [1.807, 2.05) is 6.92 Å². The first-order valence-corrected chi connectivity index (χ1v) is 5.67. The number of benzene rings is 1. The number of hydrogen-bond donors (Lipinski definition) is 1. The van der Waals surface area contributed by atoms with Crippen molar-refractivity contribution in [1.29, 1.82) is 5.26 Å². The van der Waals surface area contributed by atoms with Crippen molar-refractivity contribution in [3.63, 3.8) is 0 Å². The summed E-state index contributed by atoms with van der Waals surface area (Å²) in [5, 5.41) is 12.6. The van der Waals surface area contributed by atoms with E-state index in [0.29, 0.717) is 30.3 Å². The fraction of sp³-hybridized carbons (Fsp3) is 0.308. The Labute approximate surface area is 107 Å². The molecule has 0 bridgehead atoms. The van der Waals surface area contributed by atoms with E-state index in [1.165, 1.54) is 0 Å². The van der Waals surface area contributed by atoms with Crippen molar-refractivity contribution >= 4 is 17.3 Å². The van der Waals surface area contributed by atoms with Crippen molar-refractivity contribution in [2.75, 3.05) is 25.1 Å². The molecule has 0 aliphatic heterocycles. The van der Waals surface area contributed by atoms with Gasteiger partial charge in [0.1, 0.15) is 6.07 Å². The Bertz CT molecular complexity index is 438. The summed E-state index contributed by atoms with van der Waals surface area (Å²) in [5.74, 6) is 0. The van der Waals surface area contributed by atoms with Gasteiger partial charge in [-0.3, -0.25) is 0 Å². The molecule has 0 heterocycles. The molecule has 90 valence electrons. The monoisotopic (exact) mass is 250 g/mol. The summed E-state index contributed by atoms with van der Waals surface area (Å²) in [7, 11) is 0. The zero-order chi connectivity index (χ0) is 12.7. The predicted octanol–water partition coefficient (Wildman–Crippen LogP) is 3.22. The van der Waals surface area contributed by atoms with Crippen LogP contribution in [-0.4, -0.2) is 19.8 Å². The van der Waals surface area contributed by atoms with Crippen molar-refractivity contribution < 1.29 is 4.74 Å². The number of nitrogens with one attached hydrogen (secondary N) is 1. The zero-order valence-electron chi connectivity index (χ0n) is 9.79. The summed E-state index contributed by atoms with van der Waals surface area (Å²) in [5.41, 5.74) is 2.30. The highest BCUT2D eigenvalue weighted by molar-refractivity contribution is 6.30. The Morgan fingerprint density at radius 1 is 1.59 bits per heavy atom. The SMILES string of the molecule is C=C(C)COCCNc1cc(Cl)ccc1C#N. The van der Waals surface area contributed by atoms with Crippen LogP contribution in [0.1, 0.15) is 12.5 Å². The third-order valence-corrected chi connectivity index (χ3v) is 2.25. The highest BCUT2D eigenvalue weighted by Crippen LogP contribution is 2.19. The molecule has 0 unspecified atom stereocenters. The zero-order valence-corrected chi connectivity index (χ0v) is 10.5. The maximum absolute atomic E-state index is 8.91. The van der Waals surface area contributed by atoms with Gasteiger partial charge in [0.05, 0.1) is 24.5 Å². The minimum atomic E-state index is 0.558. The molecule has 4 heteroatoms. The Hall–Kier alpha value is -1.50. The van der Waals surface area contributed by atoms with Gasteiger partial charge in [0.2, 0.25) is 0 Å². The summed E-state index contributed by atoms with van der Waals surface area (Å²) in [6, 6.07) is 7.23. The number of nitriles is 1. The smallest absolute Gasteiger partial charge is 0.101 e. The van der Waals surface area contributed by atoms with Gasteiger partial charge in [-0.1, -0.05) is 23.8 Å². The quantitative estimate of drug-likeness (QED) is 0.623. The number of nitrogens with zero attached hydrogens (tertiary/aromatic N) is 1. The van der Waals surface area contributed by atoms with E-state index in [2.05, 4.69) is 18.0 Å². The van der Waals surface area contributed by atoms with Gasteiger partial charge >= 0.3 is 0 Å². The van der Waals surface area contributed by atoms with E-state index in [1.54, 1.807) is 18.2 Å². The molecule has 0 aliphatic carbocycles. The third kappa shape index (κ3) is 4.90. The van der Waals surface area contributed by atoms with Crippen LogP contribution in [0.25, 0.3) is 0 Å². The van der Waals surface area contributed by atoms with Gasteiger partial charge in [0, 0.05) is 11.6 Å². The minimum absolute atomic E-state index is 0.558.